The normalized spacial score (nSPS) is 18.1. The fraction of sp³-hybridized carbons (Fsp3) is 0.389. The van der Waals surface area contributed by atoms with Crippen molar-refractivity contribution in [1.29, 1.82) is 0 Å². The Morgan fingerprint density at radius 1 is 1.25 bits per heavy atom. The summed E-state index contributed by atoms with van der Waals surface area (Å²) >= 11 is 0. The third kappa shape index (κ3) is 4.08. The van der Waals surface area contributed by atoms with Gasteiger partial charge >= 0.3 is 0 Å². The second kappa shape index (κ2) is 7.88. The van der Waals surface area contributed by atoms with E-state index in [2.05, 4.69) is 27.8 Å². The van der Waals surface area contributed by atoms with Crippen molar-refractivity contribution in [1.82, 2.24) is 10.2 Å². The number of aromatic nitrogens is 2. The zero-order valence-corrected chi connectivity index (χ0v) is 13.7. The molecule has 2 aromatic rings. The van der Waals surface area contributed by atoms with Crippen LogP contribution in [0.4, 0.5) is 11.5 Å². The van der Waals surface area contributed by atoms with Crippen LogP contribution in [0.15, 0.2) is 42.5 Å². The van der Waals surface area contributed by atoms with Gasteiger partial charge in [0.05, 0.1) is 12.1 Å². The monoisotopic (exact) mass is 326 g/mol. The topological polar surface area (TPSA) is 76.1 Å². The average molecular weight is 326 g/mol. The summed E-state index contributed by atoms with van der Waals surface area (Å²) in [5.74, 6) is 0.389. The smallest absolute Gasteiger partial charge is 0.276 e. The quantitative estimate of drug-likeness (QED) is 0.853. The zero-order chi connectivity index (χ0) is 16.8. The number of rotatable bonds is 6. The molecule has 0 aliphatic carbocycles. The molecule has 126 valence electrons. The highest BCUT2D eigenvalue weighted by molar-refractivity contribution is 6.02. The van der Waals surface area contributed by atoms with Crippen molar-refractivity contribution in [2.24, 2.45) is 0 Å². The number of ether oxygens (including phenoxy) is 1. The minimum atomic E-state index is -0.272. The van der Waals surface area contributed by atoms with E-state index >= 15 is 0 Å². The molecule has 0 saturated carbocycles. The van der Waals surface area contributed by atoms with Crippen LogP contribution in [0.1, 0.15) is 36.7 Å². The molecule has 0 radical (unpaired) electrons. The van der Waals surface area contributed by atoms with Gasteiger partial charge in [-0.3, -0.25) is 4.79 Å². The second-order valence-electron chi connectivity index (χ2n) is 5.83. The Bertz CT molecular complexity index is 654. The van der Waals surface area contributed by atoms with E-state index in [0.717, 1.165) is 31.6 Å². The maximum absolute atomic E-state index is 12.2. The molecule has 2 heterocycles. The van der Waals surface area contributed by atoms with Gasteiger partial charge in [-0.05, 0) is 43.5 Å². The molecule has 0 spiro atoms. The standard InChI is InChI=1S/C18H22N4O2/c1-2-14(16-9-6-12-24-16)20-17-11-10-15(21-22-17)18(23)19-13-7-4-3-5-8-13/h3-5,7-8,10-11,14,16H,2,6,9,12H2,1H3,(H,19,23)(H,20,22). The Morgan fingerprint density at radius 3 is 2.71 bits per heavy atom. The number of para-hydroxylation sites is 1. The largest absolute Gasteiger partial charge is 0.376 e. The van der Waals surface area contributed by atoms with E-state index < -0.39 is 0 Å². The summed E-state index contributed by atoms with van der Waals surface area (Å²) in [7, 11) is 0. The number of amides is 1. The third-order valence-corrected chi connectivity index (χ3v) is 4.12. The molecular weight excluding hydrogens is 304 g/mol. The van der Waals surface area contributed by atoms with Gasteiger partial charge in [0.25, 0.3) is 5.91 Å². The minimum Gasteiger partial charge on any atom is -0.376 e. The van der Waals surface area contributed by atoms with E-state index in [1.54, 1.807) is 12.1 Å². The summed E-state index contributed by atoms with van der Waals surface area (Å²) in [5.41, 5.74) is 1.02. The first-order chi connectivity index (χ1) is 11.8. The molecule has 6 nitrogen and oxygen atoms in total. The van der Waals surface area contributed by atoms with Crippen LogP contribution in [0.3, 0.4) is 0 Å². The van der Waals surface area contributed by atoms with E-state index in [1.807, 2.05) is 30.3 Å². The van der Waals surface area contributed by atoms with Crippen LogP contribution in [-0.2, 0) is 4.74 Å². The summed E-state index contributed by atoms with van der Waals surface area (Å²) in [6, 6.07) is 13.0. The van der Waals surface area contributed by atoms with Crippen molar-refractivity contribution >= 4 is 17.4 Å². The van der Waals surface area contributed by atoms with E-state index in [0.29, 0.717) is 5.82 Å². The van der Waals surface area contributed by atoms with Gasteiger partial charge in [-0.2, -0.15) is 0 Å². The van der Waals surface area contributed by atoms with Gasteiger partial charge in [-0.25, -0.2) is 0 Å². The van der Waals surface area contributed by atoms with Crippen LogP contribution >= 0.6 is 0 Å². The lowest BCUT2D eigenvalue weighted by atomic mass is 10.1. The van der Waals surface area contributed by atoms with Gasteiger partial charge in [-0.1, -0.05) is 25.1 Å². The maximum Gasteiger partial charge on any atom is 0.276 e. The van der Waals surface area contributed by atoms with Gasteiger partial charge < -0.3 is 15.4 Å². The molecule has 1 aromatic carbocycles. The molecule has 2 atom stereocenters. The molecule has 3 rings (SSSR count). The van der Waals surface area contributed by atoms with Crippen LogP contribution in [-0.4, -0.2) is 34.9 Å². The summed E-state index contributed by atoms with van der Waals surface area (Å²) < 4.78 is 5.73. The summed E-state index contributed by atoms with van der Waals surface area (Å²) in [4.78, 5) is 12.2. The zero-order valence-electron chi connectivity index (χ0n) is 13.7. The van der Waals surface area contributed by atoms with E-state index in [9.17, 15) is 4.79 Å². The average Bonchev–Trinajstić information content (AvgIpc) is 3.15. The van der Waals surface area contributed by atoms with Gasteiger partial charge in [0.1, 0.15) is 5.82 Å². The number of carbonyl (C=O) groups is 1. The van der Waals surface area contributed by atoms with Crippen LogP contribution in [0, 0.1) is 0 Å². The molecule has 6 heteroatoms. The molecule has 2 N–H and O–H groups in total. The van der Waals surface area contributed by atoms with Crippen molar-refractivity contribution in [2.45, 2.75) is 38.3 Å². The molecule has 1 aliphatic heterocycles. The van der Waals surface area contributed by atoms with Crippen molar-refractivity contribution in [3.05, 3.63) is 48.2 Å². The highest BCUT2D eigenvalue weighted by Crippen LogP contribution is 2.20. The lowest BCUT2D eigenvalue weighted by Gasteiger charge is -2.23. The SMILES string of the molecule is CCC(Nc1ccc(C(=O)Nc2ccccc2)nn1)C1CCCO1. The highest BCUT2D eigenvalue weighted by atomic mass is 16.5. The first-order valence-corrected chi connectivity index (χ1v) is 8.34. The Kier molecular flexibility index (Phi) is 5.38. The van der Waals surface area contributed by atoms with Crippen LogP contribution in [0.2, 0.25) is 0 Å². The maximum atomic E-state index is 12.2. The Hall–Kier alpha value is -2.47. The highest BCUT2D eigenvalue weighted by Gasteiger charge is 2.24. The lowest BCUT2D eigenvalue weighted by Crippen LogP contribution is -2.33. The number of nitrogens with one attached hydrogen (secondary N) is 2. The molecule has 1 amide bonds. The number of anilines is 2. The first kappa shape index (κ1) is 16.4. The summed E-state index contributed by atoms with van der Waals surface area (Å²) in [6.07, 6.45) is 3.34. The van der Waals surface area contributed by atoms with Crippen molar-refractivity contribution in [3.8, 4) is 0 Å². The van der Waals surface area contributed by atoms with E-state index in [4.69, 9.17) is 4.74 Å². The Balaban J connectivity index is 1.61. The van der Waals surface area contributed by atoms with Gasteiger partial charge in [0.2, 0.25) is 0 Å². The molecule has 24 heavy (non-hydrogen) atoms. The predicted octanol–water partition coefficient (Wildman–Crippen LogP) is 3.10. The molecule has 1 saturated heterocycles. The molecule has 1 aromatic heterocycles. The second-order valence-corrected chi connectivity index (χ2v) is 5.83. The number of hydrogen-bond acceptors (Lipinski definition) is 5. The first-order valence-electron chi connectivity index (χ1n) is 8.34. The number of benzene rings is 1. The van der Waals surface area contributed by atoms with Crippen LogP contribution in [0.5, 0.6) is 0 Å². The van der Waals surface area contributed by atoms with Gasteiger partial charge in [0.15, 0.2) is 5.69 Å². The summed E-state index contributed by atoms with van der Waals surface area (Å²) in [5, 5.41) is 14.3. The van der Waals surface area contributed by atoms with Crippen molar-refractivity contribution < 1.29 is 9.53 Å². The van der Waals surface area contributed by atoms with Gasteiger partial charge in [-0.15, -0.1) is 10.2 Å². The lowest BCUT2D eigenvalue weighted by molar-refractivity contribution is 0.0942. The third-order valence-electron chi connectivity index (χ3n) is 4.12. The van der Waals surface area contributed by atoms with E-state index in [-0.39, 0.29) is 23.7 Å². The Morgan fingerprint density at radius 2 is 2.08 bits per heavy atom. The fourth-order valence-electron chi connectivity index (χ4n) is 2.81. The molecule has 1 fully saturated rings. The summed E-state index contributed by atoms with van der Waals surface area (Å²) in [6.45, 7) is 2.95. The van der Waals surface area contributed by atoms with Gasteiger partial charge in [0, 0.05) is 12.3 Å². The van der Waals surface area contributed by atoms with Crippen LogP contribution < -0.4 is 10.6 Å². The number of nitrogens with zero attached hydrogens (tertiary/aromatic N) is 2. The predicted molar refractivity (Wildman–Crippen MR) is 93.1 cm³/mol. The minimum absolute atomic E-state index is 0.214. The molecular formula is C18H22N4O2. The van der Waals surface area contributed by atoms with Crippen molar-refractivity contribution in [3.63, 3.8) is 0 Å². The van der Waals surface area contributed by atoms with Crippen LogP contribution in [0.25, 0.3) is 0 Å². The molecule has 2 unspecified atom stereocenters. The fourth-order valence-corrected chi connectivity index (χ4v) is 2.81. The molecule has 0 bridgehead atoms. The number of hydrogen-bond donors (Lipinski definition) is 2. The number of carbonyl (C=O) groups excluding carboxylic acids is 1. The van der Waals surface area contributed by atoms with E-state index in [1.165, 1.54) is 0 Å². The molecule has 1 aliphatic rings. The van der Waals surface area contributed by atoms with Crippen molar-refractivity contribution in [2.75, 3.05) is 17.2 Å². The Labute approximate surface area is 141 Å².